The van der Waals surface area contributed by atoms with E-state index in [2.05, 4.69) is 6.07 Å². The molecule has 0 bridgehead atoms. The lowest BCUT2D eigenvalue weighted by Gasteiger charge is -2.11. The average Bonchev–Trinajstić information content (AvgIpc) is 2.33. The molecule has 2 aromatic carbocycles. The quantitative estimate of drug-likeness (QED) is 0.836. The lowest BCUT2D eigenvalue weighted by molar-refractivity contribution is 0.409. The smallest absolute Gasteiger partial charge is 0.133 e. The first-order valence-corrected chi connectivity index (χ1v) is 5.78. The Labute approximate surface area is 107 Å². The Hall–Kier alpha value is -2.16. The van der Waals surface area contributed by atoms with Crippen molar-refractivity contribution in [1.29, 1.82) is 0 Å². The highest BCUT2D eigenvalue weighted by molar-refractivity contribution is 5.52. The topological polar surface area (TPSA) is 44.5 Å². The van der Waals surface area contributed by atoms with Crippen LogP contribution in [-0.2, 0) is 0 Å². The van der Waals surface area contributed by atoms with Crippen LogP contribution in [0.15, 0.2) is 36.4 Å². The lowest BCUT2D eigenvalue weighted by atomic mass is 10.1. The van der Waals surface area contributed by atoms with Crippen molar-refractivity contribution in [3.8, 4) is 17.2 Å². The molecule has 0 radical (unpaired) electrons. The molecule has 0 aliphatic carbocycles. The summed E-state index contributed by atoms with van der Waals surface area (Å²) in [6, 6.07) is 11.5. The van der Waals surface area contributed by atoms with Crippen LogP contribution < -0.4 is 15.2 Å². The van der Waals surface area contributed by atoms with Gasteiger partial charge < -0.3 is 15.2 Å². The van der Waals surface area contributed by atoms with Gasteiger partial charge in [0.1, 0.15) is 17.2 Å². The Morgan fingerprint density at radius 1 is 0.944 bits per heavy atom. The molecule has 2 N–H and O–H groups in total. The molecule has 0 aliphatic rings. The van der Waals surface area contributed by atoms with E-state index in [0.717, 1.165) is 16.9 Å². The van der Waals surface area contributed by atoms with Crippen LogP contribution in [0, 0.1) is 13.8 Å². The van der Waals surface area contributed by atoms with E-state index < -0.39 is 0 Å². The summed E-state index contributed by atoms with van der Waals surface area (Å²) in [6.07, 6.45) is 0. The predicted octanol–water partition coefficient (Wildman–Crippen LogP) is 3.69. The summed E-state index contributed by atoms with van der Waals surface area (Å²) in [7, 11) is 1.61. The van der Waals surface area contributed by atoms with Crippen molar-refractivity contribution in [3.63, 3.8) is 0 Å². The van der Waals surface area contributed by atoms with E-state index in [-0.39, 0.29) is 0 Å². The maximum Gasteiger partial charge on any atom is 0.133 e. The van der Waals surface area contributed by atoms with Crippen LogP contribution in [-0.4, -0.2) is 7.11 Å². The van der Waals surface area contributed by atoms with Crippen LogP contribution in [0.25, 0.3) is 0 Å². The van der Waals surface area contributed by atoms with Crippen molar-refractivity contribution in [2.24, 2.45) is 0 Å². The van der Waals surface area contributed by atoms with Gasteiger partial charge in [0.05, 0.1) is 7.11 Å². The molecule has 0 saturated carbocycles. The zero-order valence-corrected chi connectivity index (χ0v) is 10.9. The molecule has 0 spiro atoms. The molecular formula is C15H17NO2. The zero-order chi connectivity index (χ0) is 13.1. The van der Waals surface area contributed by atoms with E-state index in [0.29, 0.717) is 17.2 Å². The van der Waals surface area contributed by atoms with Crippen LogP contribution in [0.5, 0.6) is 17.2 Å². The summed E-state index contributed by atoms with van der Waals surface area (Å²) in [4.78, 5) is 0. The van der Waals surface area contributed by atoms with E-state index >= 15 is 0 Å². The number of ether oxygens (including phenoxy) is 2. The summed E-state index contributed by atoms with van der Waals surface area (Å²) in [5.74, 6) is 2.21. The van der Waals surface area contributed by atoms with Crippen LogP contribution in [0.4, 0.5) is 5.69 Å². The Kier molecular flexibility index (Phi) is 3.42. The van der Waals surface area contributed by atoms with Crippen molar-refractivity contribution in [2.75, 3.05) is 12.8 Å². The van der Waals surface area contributed by atoms with Gasteiger partial charge in [0.15, 0.2) is 0 Å². The van der Waals surface area contributed by atoms with Gasteiger partial charge in [-0.25, -0.2) is 0 Å². The lowest BCUT2D eigenvalue weighted by Crippen LogP contribution is -1.92. The summed E-state index contributed by atoms with van der Waals surface area (Å²) in [6.45, 7) is 4.05. The average molecular weight is 243 g/mol. The minimum atomic E-state index is 0.620. The minimum Gasteiger partial charge on any atom is -0.497 e. The highest BCUT2D eigenvalue weighted by Gasteiger charge is 2.04. The summed E-state index contributed by atoms with van der Waals surface area (Å²) in [5.41, 5.74) is 8.66. The highest BCUT2D eigenvalue weighted by atomic mass is 16.5. The van der Waals surface area contributed by atoms with Crippen molar-refractivity contribution in [3.05, 3.63) is 47.5 Å². The van der Waals surface area contributed by atoms with Crippen LogP contribution in [0.2, 0.25) is 0 Å². The molecule has 2 aromatic rings. The fourth-order valence-corrected chi connectivity index (χ4v) is 1.71. The van der Waals surface area contributed by atoms with Crippen LogP contribution in [0.3, 0.4) is 0 Å². The molecule has 0 aliphatic heterocycles. The van der Waals surface area contributed by atoms with Crippen molar-refractivity contribution in [1.82, 2.24) is 0 Å². The van der Waals surface area contributed by atoms with E-state index in [9.17, 15) is 0 Å². The Morgan fingerprint density at radius 2 is 1.67 bits per heavy atom. The summed E-state index contributed by atoms with van der Waals surface area (Å²) >= 11 is 0. The van der Waals surface area contributed by atoms with Gasteiger partial charge in [0.25, 0.3) is 0 Å². The monoisotopic (exact) mass is 243 g/mol. The van der Waals surface area contributed by atoms with E-state index in [1.807, 2.05) is 32.0 Å². The van der Waals surface area contributed by atoms with Gasteiger partial charge in [0.2, 0.25) is 0 Å². The number of hydrogen-bond acceptors (Lipinski definition) is 3. The molecule has 3 nitrogen and oxygen atoms in total. The first-order chi connectivity index (χ1) is 8.58. The number of anilines is 1. The molecule has 3 heteroatoms. The fraction of sp³-hybridized carbons (Fsp3) is 0.200. The second-order valence-corrected chi connectivity index (χ2v) is 4.31. The summed E-state index contributed by atoms with van der Waals surface area (Å²) < 4.78 is 11.0. The molecule has 94 valence electrons. The van der Waals surface area contributed by atoms with Gasteiger partial charge in [-0.1, -0.05) is 12.1 Å². The summed E-state index contributed by atoms with van der Waals surface area (Å²) in [5, 5.41) is 0. The molecule has 2 rings (SSSR count). The largest absolute Gasteiger partial charge is 0.497 e. The standard InChI is InChI=1S/C15H17NO2/c1-10-4-5-11(2)15(6-10)18-14-8-12(16)7-13(9-14)17-3/h4-9H,16H2,1-3H3. The van der Waals surface area contributed by atoms with Crippen molar-refractivity contribution >= 4 is 5.69 Å². The number of aryl methyl sites for hydroxylation is 2. The molecule has 0 amide bonds. The van der Waals surface area contributed by atoms with Crippen molar-refractivity contribution < 1.29 is 9.47 Å². The maximum absolute atomic E-state index is 5.85. The second-order valence-electron chi connectivity index (χ2n) is 4.31. The normalized spacial score (nSPS) is 10.2. The Balaban J connectivity index is 2.33. The Morgan fingerprint density at radius 3 is 2.39 bits per heavy atom. The van der Waals surface area contributed by atoms with E-state index in [1.165, 1.54) is 0 Å². The van der Waals surface area contributed by atoms with Gasteiger partial charge in [-0.3, -0.25) is 0 Å². The number of nitrogen functional groups attached to an aromatic ring is 1. The van der Waals surface area contributed by atoms with Gasteiger partial charge in [-0.05, 0) is 31.0 Å². The number of nitrogens with two attached hydrogens (primary N) is 1. The molecule has 0 fully saturated rings. The van der Waals surface area contributed by atoms with E-state index in [4.69, 9.17) is 15.2 Å². The number of methoxy groups -OCH3 is 1. The minimum absolute atomic E-state index is 0.620. The molecule has 0 heterocycles. The highest BCUT2D eigenvalue weighted by Crippen LogP contribution is 2.30. The molecule has 0 saturated heterocycles. The Bertz CT molecular complexity index is 564. The zero-order valence-electron chi connectivity index (χ0n) is 10.9. The number of rotatable bonds is 3. The maximum atomic E-state index is 5.85. The molecule has 0 atom stereocenters. The van der Waals surface area contributed by atoms with Crippen LogP contribution in [0.1, 0.15) is 11.1 Å². The van der Waals surface area contributed by atoms with Gasteiger partial charge in [0, 0.05) is 23.9 Å². The molecule has 0 unspecified atom stereocenters. The molecule has 0 aromatic heterocycles. The number of benzene rings is 2. The first-order valence-electron chi connectivity index (χ1n) is 5.78. The second kappa shape index (κ2) is 5.00. The molecular weight excluding hydrogens is 226 g/mol. The van der Waals surface area contributed by atoms with Gasteiger partial charge >= 0.3 is 0 Å². The van der Waals surface area contributed by atoms with Crippen LogP contribution >= 0.6 is 0 Å². The fourth-order valence-electron chi connectivity index (χ4n) is 1.71. The third kappa shape index (κ3) is 2.74. The third-order valence-electron chi connectivity index (χ3n) is 2.71. The SMILES string of the molecule is COc1cc(N)cc(Oc2cc(C)ccc2C)c1. The number of hydrogen-bond donors (Lipinski definition) is 1. The van der Waals surface area contributed by atoms with Gasteiger partial charge in [-0.2, -0.15) is 0 Å². The van der Waals surface area contributed by atoms with Crippen molar-refractivity contribution in [2.45, 2.75) is 13.8 Å². The predicted molar refractivity (Wildman–Crippen MR) is 73.4 cm³/mol. The van der Waals surface area contributed by atoms with E-state index in [1.54, 1.807) is 19.2 Å². The molecule has 18 heavy (non-hydrogen) atoms. The first kappa shape index (κ1) is 12.3. The third-order valence-corrected chi connectivity index (χ3v) is 2.71. The van der Waals surface area contributed by atoms with Gasteiger partial charge in [-0.15, -0.1) is 0 Å².